The van der Waals surface area contributed by atoms with Gasteiger partial charge in [-0.25, -0.2) is 14.8 Å². The standard InChI is InChI=1S/C25H27N5O3S/c1-3-30(16-7-11-27-12-8-16)24-28-14-15(2)21(29-24)20-13-18-17(5-4-6-19(18)34-20)22(31)33-25(9-10-25)23(26)32/h4-6,9-10,13-14,16,27H,3,7-8,11-12H2,1-2H3,(H2,26,32). The Morgan fingerprint density at radius 2 is 2.06 bits per heavy atom. The molecule has 34 heavy (non-hydrogen) atoms. The van der Waals surface area contributed by atoms with Crippen LogP contribution in [0.4, 0.5) is 5.95 Å². The number of amides is 1. The lowest BCUT2D eigenvalue weighted by Crippen LogP contribution is -2.44. The Labute approximate surface area is 201 Å². The van der Waals surface area contributed by atoms with Gasteiger partial charge >= 0.3 is 5.97 Å². The van der Waals surface area contributed by atoms with Crippen LogP contribution in [0.1, 0.15) is 35.7 Å². The molecule has 2 aliphatic rings. The van der Waals surface area contributed by atoms with Gasteiger partial charge < -0.3 is 20.7 Å². The van der Waals surface area contributed by atoms with Crippen molar-refractivity contribution in [2.75, 3.05) is 24.5 Å². The van der Waals surface area contributed by atoms with Crippen molar-refractivity contribution in [2.24, 2.45) is 5.73 Å². The topological polar surface area (TPSA) is 110 Å². The second kappa shape index (κ2) is 8.81. The summed E-state index contributed by atoms with van der Waals surface area (Å²) in [5.41, 5.74) is 6.20. The van der Waals surface area contributed by atoms with Crippen LogP contribution in [0.2, 0.25) is 0 Å². The monoisotopic (exact) mass is 477 g/mol. The van der Waals surface area contributed by atoms with Crippen molar-refractivity contribution in [1.82, 2.24) is 15.3 Å². The number of aromatic nitrogens is 2. The normalized spacial score (nSPS) is 17.0. The van der Waals surface area contributed by atoms with Gasteiger partial charge in [0.25, 0.3) is 5.91 Å². The van der Waals surface area contributed by atoms with Crippen LogP contribution in [0.5, 0.6) is 0 Å². The molecule has 3 aromatic rings. The summed E-state index contributed by atoms with van der Waals surface area (Å²) in [6, 6.07) is 7.86. The Balaban J connectivity index is 1.49. The maximum absolute atomic E-state index is 12.9. The second-order valence-electron chi connectivity index (χ2n) is 8.68. The summed E-state index contributed by atoms with van der Waals surface area (Å²) in [5.74, 6) is -0.547. The van der Waals surface area contributed by atoms with E-state index in [0.29, 0.717) is 11.6 Å². The number of ether oxygens (including phenoxy) is 1. The van der Waals surface area contributed by atoms with Crippen LogP contribution in [0, 0.1) is 6.92 Å². The number of rotatable bonds is 7. The van der Waals surface area contributed by atoms with Crippen LogP contribution >= 0.6 is 11.3 Å². The van der Waals surface area contributed by atoms with Crippen LogP contribution in [0.15, 0.2) is 42.6 Å². The molecule has 9 heteroatoms. The number of carbonyl (C=O) groups is 2. The first-order valence-corrected chi connectivity index (χ1v) is 12.3. The molecule has 1 aromatic carbocycles. The lowest BCUT2D eigenvalue weighted by Gasteiger charge is -2.34. The van der Waals surface area contributed by atoms with E-state index >= 15 is 0 Å². The average molecular weight is 478 g/mol. The number of hydrogen-bond acceptors (Lipinski definition) is 8. The summed E-state index contributed by atoms with van der Waals surface area (Å²) in [4.78, 5) is 37.4. The van der Waals surface area contributed by atoms with Crippen molar-refractivity contribution in [3.8, 4) is 10.6 Å². The zero-order valence-corrected chi connectivity index (χ0v) is 20.0. The molecule has 0 atom stereocenters. The van der Waals surface area contributed by atoms with E-state index < -0.39 is 17.5 Å². The zero-order chi connectivity index (χ0) is 23.9. The van der Waals surface area contributed by atoms with Gasteiger partial charge in [0.15, 0.2) is 0 Å². The lowest BCUT2D eigenvalue weighted by molar-refractivity contribution is -0.127. The molecule has 0 bridgehead atoms. The molecule has 5 rings (SSSR count). The third-order valence-electron chi connectivity index (χ3n) is 6.44. The van der Waals surface area contributed by atoms with Crippen molar-refractivity contribution in [3.63, 3.8) is 0 Å². The summed E-state index contributed by atoms with van der Waals surface area (Å²) in [5, 5.41) is 4.17. The fourth-order valence-corrected chi connectivity index (χ4v) is 5.57. The first-order valence-electron chi connectivity index (χ1n) is 11.5. The molecule has 176 valence electrons. The number of fused-ring (bicyclic) bond motifs is 1. The zero-order valence-electron chi connectivity index (χ0n) is 19.2. The molecule has 8 nitrogen and oxygen atoms in total. The van der Waals surface area contributed by atoms with Gasteiger partial charge in [-0.3, -0.25) is 4.79 Å². The number of anilines is 1. The number of aryl methyl sites for hydroxylation is 1. The third kappa shape index (κ3) is 4.05. The van der Waals surface area contributed by atoms with E-state index in [1.807, 2.05) is 31.3 Å². The maximum Gasteiger partial charge on any atom is 0.340 e. The number of primary amides is 1. The third-order valence-corrected chi connectivity index (χ3v) is 7.54. The first kappa shape index (κ1) is 22.5. The Hall–Kier alpha value is -3.30. The molecule has 0 unspecified atom stereocenters. The van der Waals surface area contributed by atoms with Crippen molar-refractivity contribution in [2.45, 2.75) is 38.3 Å². The summed E-state index contributed by atoms with van der Waals surface area (Å²) in [6.07, 6.45) is 6.98. The van der Waals surface area contributed by atoms with Gasteiger partial charge in [-0.2, -0.15) is 0 Å². The van der Waals surface area contributed by atoms with Crippen LogP contribution in [-0.4, -0.2) is 53.1 Å². The van der Waals surface area contributed by atoms with E-state index in [1.54, 1.807) is 17.4 Å². The molecular weight excluding hydrogens is 450 g/mol. The van der Waals surface area contributed by atoms with Crippen LogP contribution < -0.4 is 16.0 Å². The quantitative estimate of drug-likeness (QED) is 0.397. The SMILES string of the molecule is CCN(c1ncc(C)c(-c2cc3c(C(=O)OC4(C(N)=O)C=C4)cccc3s2)n1)C1CCNCC1. The Morgan fingerprint density at radius 1 is 1.29 bits per heavy atom. The molecule has 0 spiro atoms. The molecular formula is C25H27N5O3S. The van der Waals surface area contributed by atoms with E-state index in [4.69, 9.17) is 15.5 Å². The molecule has 3 N–H and O–H groups in total. The van der Waals surface area contributed by atoms with E-state index in [1.165, 1.54) is 12.2 Å². The van der Waals surface area contributed by atoms with E-state index in [9.17, 15) is 9.59 Å². The van der Waals surface area contributed by atoms with E-state index in [2.05, 4.69) is 22.1 Å². The van der Waals surface area contributed by atoms with Crippen molar-refractivity contribution < 1.29 is 14.3 Å². The van der Waals surface area contributed by atoms with Gasteiger partial charge in [-0.05, 0) is 75.7 Å². The minimum Gasteiger partial charge on any atom is -0.437 e. The van der Waals surface area contributed by atoms with Crippen LogP contribution in [0.3, 0.4) is 0 Å². The number of nitrogens with one attached hydrogen (secondary N) is 1. The van der Waals surface area contributed by atoms with Gasteiger partial charge in [-0.15, -0.1) is 11.3 Å². The molecule has 1 amide bonds. The predicted octanol–water partition coefficient (Wildman–Crippen LogP) is 3.20. The average Bonchev–Trinajstić information content (AvgIpc) is 3.50. The molecule has 0 saturated carbocycles. The Kier molecular flexibility index (Phi) is 5.83. The predicted molar refractivity (Wildman–Crippen MR) is 133 cm³/mol. The molecule has 1 aliphatic carbocycles. The van der Waals surface area contributed by atoms with E-state index in [0.717, 1.165) is 64.6 Å². The summed E-state index contributed by atoms with van der Waals surface area (Å²) in [6.45, 7) is 6.97. The summed E-state index contributed by atoms with van der Waals surface area (Å²) >= 11 is 1.57. The lowest BCUT2D eigenvalue weighted by atomic mass is 10.1. The minimum absolute atomic E-state index is 0.395. The summed E-state index contributed by atoms with van der Waals surface area (Å²) < 4.78 is 6.35. The number of benzene rings is 1. The van der Waals surface area contributed by atoms with Crippen molar-refractivity contribution in [3.05, 3.63) is 53.7 Å². The number of nitrogens with zero attached hydrogens (tertiary/aromatic N) is 3. The highest BCUT2D eigenvalue weighted by atomic mass is 32.1. The summed E-state index contributed by atoms with van der Waals surface area (Å²) in [7, 11) is 0. The minimum atomic E-state index is -1.39. The van der Waals surface area contributed by atoms with Gasteiger partial charge in [0.2, 0.25) is 11.5 Å². The maximum atomic E-state index is 12.9. The van der Waals surface area contributed by atoms with Gasteiger partial charge in [0.05, 0.1) is 16.1 Å². The largest absolute Gasteiger partial charge is 0.437 e. The highest BCUT2D eigenvalue weighted by Crippen LogP contribution is 2.37. The molecule has 2 aromatic heterocycles. The fraction of sp³-hybridized carbons (Fsp3) is 0.360. The Morgan fingerprint density at radius 3 is 2.74 bits per heavy atom. The number of carbonyl (C=O) groups excluding carboxylic acids is 2. The van der Waals surface area contributed by atoms with Crippen LogP contribution in [0.25, 0.3) is 20.7 Å². The number of esters is 1. The highest BCUT2D eigenvalue weighted by Gasteiger charge is 2.45. The molecule has 0 radical (unpaired) electrons. The fourth-order valence-electron chi connectivity index (χ4n) is 4.42. The smallest absolute Gasteiger partial charge is 0.340 e. The number of hydrogen-bond donors (Lipinski definition) is 2. The van der Waals surface area contributed by atoms with Crippen molar-refractivity contribution >= 4 is 39.2 Å². The number of thiophene rings is 1. The first-order chi connectivity index (χ1) is 16.4. The molecule has 1 saturated heterocycles. The highest BCUT2D eigenvalue weighted by molar-refractivity contribution is 7.22. The van der Waals surface area contributed by atoms with Gasteiger partial charge in [0, 0.05) is 28.9 Å². The molecule has 3 heterocycles. The van der Waals surface area contributed by atoms with Crippen molar-refractivity contribution in [1.29, 1.82) is 0 Å². The number of piperidine rings is 1. The van der Waals surface area contributed by atoms with Gasteiger partial charge in [-0.1, -0.05) is 6.07 Å². The number of nitrogens with two attached hydrogens (primary N) is 1. The second-order valence-corrected chi connectivity index (χ2v) is 9.76. The van der Waals surface area contributed by atoms with E-state index in [-0.39, 0.29) is 0 Å². The van der Waals surface area contributed by atoms with Gasteiger partial charge in [0.1, 0.15) is 0 Å². The molecule has 1 fully saturated rings. The van der Waals surface area contributed by atoms with Crippen LogP contribution in [-0.2, 0) is 9.53 Å². The Bertz CT molecular complexity index is 1290. The molecule has 1 aliphatic heterocycles.